The van der Waals surface area contributed by atoms with Gasteiger partial charge in [0.15, 0.2) is 11.0 Å². The molecule has 1 fully saturated rings. The summed E-state index contributed by atoms with van der Waals surface area (Å²) in [7, 11) is 0. The maximum atomic E-state index is 13.4. The van der Waals surface area contributed by atoms with Crippen molar-refractivity contribution in [1.82, 2.24) is 4.90 Å². The fourth-order valence-corrected chi connectivity index (χ4v) is 5.61. The number of hydrogen-bond acceptors (Lipinski definition) is 6. The van der Waals surface area contributed by atoms with E-state index in [-0.39, 0.29) is 33.9 Å². The Morgan fingerprint density at radius 1 is 0.905 bits per heavy atom. The summed E-state index contributed by atoms with van der Waals surface area (Å²) in [5.74, 6) is -0.547. The predicted octanol–water partition coefficient (Wildman–Crippen LogP) is 5.73. The molecule has 2 aliphatic rings. The van der Waals surface area contributed by atoms with Crippen LogP contribution in [0.4, 0.5) is 24.5 Å². The summed E-state index contributed by atoms with van der Waals surface area (Å²) in [6, 6.07) is 20.9. The zero-order valence-corrected chi connectivity index (χ0v) is 23.5. The van der Waals surface area contributed by atoms with Gasteiger partial charge in [-0.1, -0.05) is 42.1 Å². The van der Waals surface area contributed by atoms with Crippen LogP contribution >= 0.6 is 11.8 Å². The largest absolute Gasteiger partial charge is 0.416 e. The lowest BCUT2D eigenvalue weighted by molar-refractivity contribution is -0.137. The van der Waals surface area contributed by atoms with Crippen LogP contribution in [0.2, 0.25) is 0 Å². The van der Waals surface area contributed by atoms with E-state index in [1.165, 1.54) is 30.0 Å². The average molecular weight is 593 g/mol. The number of carbonyl (C=O) groups excluding carboxylic acids is 3. The number of hydrogen-bond donors (Lipinski definition) is 0. The number of piperazine rings is 1. The summed E-state index contributed by atoms with van der Waals surface area (Å²) in [4.78, 5) is 47.7. The number of benzene rings is 3. The van der Waals surface area contributed by atoms with Crippen molar-refractivity contribution >= 4 is 52.0 Å². The number of halogens is 3. The van der Waals surface area contributed by atoms with Gasteiger partial charge in [0.25, 0.3) is 5.91 Å². The van der Waals surface area contributed by atoms with Gasteiger partial charge in [0.05, 0.1) is 17.0 Å². The average Bonchev–Trinajstić information content (AvgIpc) is 3.30. The Hall–Kier alpha value is -4.38. The fourth-order valence-electron chi connectivity index (χ4n) is 4.70. The summed E-state index contributed by atoms with van der Waals surface area (Å²) in [5.41, 5.74) is 1.53. The summed E-state index contributed by atoms with van der Waals surface area (Å²) >= 11 is 1.11. The normalized spacial score (nSPS) is 16.7. The zero-order valence-electron chi connectivity index (χ0n) is 22.7. The van der Waals surface area contributed by atoms with Crippen molar-refractivity contribution < 1.29 is 27.6 Å². The molecule has 0 unspecified atom stereocenters. The number of rotatable bonds is 6. The summed E-state index contributed by atoms with van der Waals surface area (Å²) in [5, 5.41) is 0.280. The van der Waals surface area contributed by atoms with Gasteiger partial charge in [-0.05, 0) is 67.1 Å². The zero-order chi connectivity index (χ0) is 29.9. The van der Waals surface area contributed by atoms with Gasteiger partial charge in [0, 0.05) is 37.4 Å². The molecule has 0 atom stereocenters. The molecule has 3 aromatic rings. The summed E-state index contributed by atoms with van der Waals surface area (Å²) < 4.78 is 39.6. The van der Waals surface area contributed by atoms with Crippen molar-refractivity contribution in [3.05, 3.63) is 101 Å². The molecule has 3 aromatic carbocycles. The number of carbonyl (C=O) groups is 3. The van der Waals surface area contributed by atoms with Gasteiger partial charge in [-0.15, -0.1) is 0 Å². The highest BCUT2D eigenvalue weighted by atomic mass is 32.2. The number of thioether (sulfide) groups is 1. The molecule has 0 aromatic heterocycles. The highest BCUT2D eigenvalue weighted by Crippen LogP contribution is 2.32. The van der Waals surface area contributed by atoms with Gasteiger partial charge in [0.1, 0.15) is 5.70 Å². The molecule has 0 aliphatic carbocycles. The quantitative estimate of drug-likeness (QED) is 0.270. The second-order valence-corrected chi connectivity index (χ2v) is 10.7. The standard InChI is InChI=1S/C31H27F3N4O3S/c1-21(39)23-10-12-25(13-11-23)36-14-16-37(17-15-36)28(40)20-42-30-35-27(29(41)38(30)26-8-3-2-4-9-26)19-22-6-5-7-24(18-22)31(32,33)34/h2-13,18-19H,14-17,20H2,1H3. The molecule has 7 nitrogen and oxygen atoms in total. The number of amides is 2. The molecule has 5 rings (SSSR count). The van der Waals surface area contributed by atoms with Gasteiger partial charge in [0.2, 0.25) is 5.91 Å². The van der Waals surface area contributed by atoms with E-state index in [1.54, 1.807) is 47.4 Å². The van der Waals surface area contributed by atoms with Crippen LogP contribution in [0.1, 0.15) is 28.4 Å². The van der Waals surface area contributed by atoms with Crippen LogP contribution in [-0.2, 0) is 15.8 Å². The van der Waals surface area contributed by atoms with Crippen molar-refractivity contribution in [2.24, 2.45) is 4.99 Å². The minimum Gasteiger partial charge on any atom is -0.368 e. The van der Waals surface area contributed by atoms with Gasteiger partial charge in [-0.2, -0.15) is 13.2 Å². The third-order valence-corrected chi connectivity index (χ3v) is 7.88. The first-order chi connectivity index (χ1) is 20.1. The molecule has 0 radical (unpaired) electrons. The SMILES string of the molecule is CC(=O)c1ccc(N2CCN(C(=O)CSC3=NC(=Cc4cccc(C(F)(F)F)c4)C(=O)N3c3ccccc3)CC2)cc1. The number of nitrogens with zero attached hydrogens (tertiary/aromatic N) is 4. The first-order valence-electron chi connectivity index (χ1n) is 13.2. The molecule has 11 heteroatoms. The van der Waals surface area contributed by atoms with Crippen LogP contribution < -0.4 is 9.80 Å². The highest BCUT2D eigenvalue weighted by Gasteiger charge is 2.34. The summed E-state index contributed by atoms with van der Waals surface area (Å²) in [6.07, 6.45) is -3.19. The van der Waals surface area contributed by atoms with E-state index in [0.29, 0.717) is 37.4 Å². The van der Waals surface area contributed by atoms with Crippen molar-refractivity contribution in [3.8, 4) is 0 Å². The lowest BCUT2D eigenvalue weighted by Crippen LogP contribution is -2.49. The Bertz CT molecular complexity index is 1550. The van der Waals surface area contributed by atoms with E-state index < -0.39 is 17.6 Å². The van der Waals surface area contributed by atoms with Crippen molar-refractivity contribution in [3.63, 3.8) is 0 Å². The van der Waals surface area contributed by atoms with Crippen molar-refractivity contribution in [1.29, 1.82) is 0 Å². The van der Waals surface area contributed by atoms with Gasteiger partial charge >= 0.3 is 6.18 Å². The minimum atomic E-state index is -4.51. The molecule has 0 N–H and O–H groups in total. The van der Waals surface area contributed by atoms with E-state index in [2.05, 4.69) is 9.89 Å². The predicted molar refractivity (Wildman–Crippen MR) is 158 cm³/mol. The lowest BCUT2D eigenvalue weighted by atomic mass is 10.1. The molecule has 0 saturated carbocycles. The van der Waals surface area contributed by atoms with Crippen LogP contribution in [0.25, 0.3) is 6.08 Å². The first-order valence-corrected chi connectivity index (χ1v) is 14.2. The lowest BCUT2D eigenvalue weighted by Gasteiger charge is -2.36. The van der Waals surface area contributed by atoms with Gasteiger partial charge in [-0.3, -0.25) is 19.3 Å². The Kier molecular flexibility index (Phi) is 8.49. The van der Waals surface area contributed by atoms with Crippen LogP contribution in [0, 0.1) is 0 Å². The van der Waals surface area contributed by atoms with Crippen LogP contribution in [-0.4, -0.2) is 59.6 Å². The van der Waals surface area contributed by atoms with Crippen molar-refractivity contribution in [2.45, 2.75) is 13.1 Å². The first kappa shape index (κ1) is 29.1. The molecule has 2 aliphatic heterocycles. The molecule has 2 amide bonds. The maximum Gasteiger partial charge on any atom is 0.416 e. The molecule has 1 saturated heterocycles. The number of alkyl halides is 3. The molecule has 216 valence electrons. The third kappa shape index (κ3) is 6.57. The van der Waals surface area contributed by atoms with E-state index in [4.69, 9.17) is 0 Å². The molecule has 0 spiro atoms. The van der Waals surface area contributed by atoms with E-state index in [9.17, 15) is 27.6 Å². The number of aliphatic imine (C=N–C) groups is 1. The topological polar surface area (TPSA) is 73.3 Å². The highest BCUT2D eigenvalue weighted by molar-refractivity contribution is 8.14. The van der Waals surface area contributed by atoms with Gasteiger partial charge in [-0.25, -0.2) is 4.99 Å². The van der Waals surface area contributed by atoms with Crippen molar-refractivity contribution in [2.75, 3.05) is 41.7 Å². The van der Waals surface area contributed by atoms with Crippen LogP contribution in [0.5, 0.6) is 0 Å². The molecular weight excluding hydrogens is 565 g/mol. The van der Waals surface area contributed by atoms with Crippen LogP contribution in [0.15, 0.2) is 89.6 Å². The number of para-hydroxylation sites is 1. The molecule has 2 heterocycles. The molecule has 0 bridgehead atoms. The smallest absolute Gasteiger partial charge is 0.368 e. The Morgan fingerprint density at radius 2 is 1.60 bits per heavy atom. The Balaban J connectivity index is 1.27. The number of ketones is 1. The second kappa shape index (κ2) is 12.2. The molecular formula is C31H27F3N4O3S. The van der Waals surface area contributed by atoms with Crippen LogP contribution in [0.3, 0.4) is 0 Å². The number of anilines is 2. The second-order valence-electron chi connectivity index (χ2n) is 9.78. The van der Waals surface area contributed by atoms with E-state index in [0.717, 1.165) is 29.6 Å². The fraction of sp³-hybridized carbons (Fsp3) is 0.226. The Labute approximate surface area is 245 Å². The maximum absolute atomic E-state index is 13.4. The Morgan fingerprint density at radius 3 is 2.24 bits per heavy atom. The number of amidine groups is 1. The molecule has 42 heavy (non-hydrogen) atoms. The van der Waals surface area contributed by atoms with Gasteiger partial charge < -0.3 is 9.80 Å². The number of Topliss-reactive ketones (excluding diaryl/α,β-unsaturated/α-hetero) is 1. The van der Waals surface area contributed by atoms with E-state index in [1.807, 2.05) is 12.1 Å². The third-order valence-electron chi connectivity index (χ3n) is 6.96. The minimum absolute atomic E-state index is 0.00660. The summed E-state index contributed by atoms with van der Waals surface area (Å²) in [6.45, 7) is 3.83. The monoisotopic (exact) mass is 592 g/mol. The van der Waals surface area contributed by atoms with E-state index >= 15 is 0 Å².